The van der Waals surface area contributed by atoms with E-state index in [9.17, 15) is 9.59 Å². The summed E-state index contributed by atoms with van der Waals surface area (Å²) in [6, 6.07) is 7.40. The number of methoxy groups -OCH3 is 1. The van der Waals surface area contributed by atoms with Crippen molar-refractivity contribution in [2.75, 3.05) is 18.6 Å². The average molecular weight is 300 g/mol. The van der Waals surface area contributed by atoms with Crippen LogP contribution in [-0.4, -0.2) is 40.7 Å². The van der Waals surface area contributed by atoms with E-state index in [0.29, 0.717) is 12.4 Å². The van der Waals surface area contributed by atoms with Gasteiger partial charge in [0.2, 0.25) is 5.91 Å². The first-order valence-corrected chi connectivity index (χ1v) is 6.96. The first kappa shape index (κ1) is 14.2. The molecule has 1 atom stereocenters. The van der Waals surface area contributed by atoms with Crippen molar-refractivity contribution in [3.63, 3.8) is 0 Å². The molecule has 22 heavy (non-hydrogen) atoms. The molecule has 1 saturated heterocycles. The van der Waals surface area contributed by atoms with Crippen LogP contribution < -0.4 is 4.90 Å². The Labute approximate surface area is 127 Å². The van der Waals surface area contributed by atoms with Gasteiger partial charge in [0, 0.05) is 24.2 Å². The molecule has 0 saturated carbocycles. The number of carbonyl (C=O) groups excluding carboxylic acids is 2. The molecule has 0 radical (unpaired) electrons. The van der Waals surface area contributed by atoms with Crippen LogP contribution in [0.3, 0.4) is 0 Å². The van der Waals surface area contributed by atoms with Crippen molar-refractivity contribution in [2.45, 2.75) is 13.3 Å². The molecule has 1 aromatic carbocycles. The third-order valence-electron chi connectivity index (χ3n) is 3.67. The molecule has 7 nitrogen and oxygen atoms in total. The average Bonchev–Trinajstić information content (AvgIpc) is 3.13. The van der Waals surface area contributed by atoms with E-state index in [1.54, 1.807) is 4.90 Å². The summed E-state index contributed by atoms with van der Waals surface area (Å²) in [4.78, 5) is 29.6. The first-order valence-electron chi connectivity index (χ1n) is 6.96. The van der Waals surface area contributed by atoms with E-state index < -0.39 is 5.92 Å². The van der Waals surface area contributed by atoms with Crippen molar-refractivity contribution >= 4 is 17.6 Å². The Balaban J connectivity index is 1.86. The number of aryl methyl sites for hydroxylation is 1. The van der Waals surface area contributed by atoms with Crippen molar-refractivity contribution in [1.82, 2.24) is 15.2 Å². The molecular weight excluding hydrogens is 284 g/mol. The molecule has 2 heterocycles. The molecule has 1 aliphatic heterocycles. The van der Waals surface area contributed by atoms with Crippen LogP contribution in [0.15, 0.2) is 24.3 Å². The minimum Gasteiger partial charge on any atom is -0.469 e. The number of aromatic amines is 1. The first-order chi connectivity index (χ1) is 10.6. The van der Waals surface area contributed by atoms with Gasteiger partial charge in [-0.15, -0.1) is 0 Å². The SMILES string of the molecule is COC(=O)C1CC(=O)N(c2cccc(-c3n[nH]c(C)n3)c2)C1. The summed E-state index contributed by atoms with van der Waals surface area (Å²) in [6.45, 7) is 2.16. The van der Waals surface area contributed by atoms with Gasteiger partial charge in [-0.05, 0) is 19.1 Å². The van der Waals surface area contributed by atoms with Crippen LogP contribution in [0, 0.1) is 12.8 Å². The fourth-order valence-corrected chi connectivity index (χ4v) is 2.57. The van der Waals surface area contributed by atoms with Gasteiger partial charge in [0.25, 0.3) is 0 Å². The maximum Gasteiger partial charge on any atom is 0.311 e. The lowest BCUT2D eigenvalue weighted by atomic mass is 10.1. The molecule has 114 valence electrons. The van der Waals surface area contributed by atoms with Gasteiger partial charge in [-0.25, -0.2) is 4.98 Å². The number of anilines is 1. The normalized spacial score (nSPS) is 17.8. The highest BCUT2D eigenvalue weighted by atomic mass is 16.5. The summed E-state index contributed by atoms with van der Waals surface area (Å²) >= 11 is 0. The van der Waals surface area contributed by atoms with E-state index in [-0.39, 0.29) is 18.3 Å². The Morgan fingerprint density at radius 3 is 2.95 bits per heavy atom. The topological polar surface area (TPSA) is 88.2 Å². The van der Waals surface area contributed by atoms with Gasteiger partial charge < -0.3 is 9.64 Å². The van der Waals surface area contributed by atoms with Crippen molar-refractivity contribution in [2.24, 2.45) is 5.92 Å². The van der Waals surface area contributed by atoms with Crippen molar-refractivity contribution in [3.05, 3.63) is 30.1 Å². The molecular formula is C15H16N4O3. The van der Waals surface area contributed by atoms with Gasteiger partial charge in [-0.3, -0.25) is 14.7 Å². The van der Waals surface area contributed by atoms with Crippen LogP contribution in [0.25, 0.3) is 11.4 Å². The van der Waals surface area contributed by atoms with Crippen LogP contribution in [0.5, 0.6) is 0 Å². The lowest BCUT2D eigenvalue weighted by Crippen LogP contribution is -2.26. The molecule has 1 N–H and O–H groups in total. The highest BCUT2D eigenvalue weighted by Gasteiger charge is 2.35. The Morgan fingerprint density at radius 2 is 2.27 bits per heavy atom. The molecule has 7 heteroatoms. The predicted octanol–water partition coefficient (Wildman–Crippen LogP) is 1.31. The van der Waals surface area contributed by atoms with Crippen molar-refractivity contribution in [3.8, 4) is 11.4 Å². The zero-order chi connectivity index (χ0) is 15.7. The Kier molecular flexibility index (Phi) is 3.62. The highest BCUT2D eigenvalue weighted by molar-refractivity contribution is 5.99. The second-order valence-corrected chi connectivity index (χ2v) is 5.22. The van der Waals surface area contributed by atoms with E-state index in [0.717, 1.165) is 17.1 Å². The quantitative estimate of drug-likeness (QED) is 0.863. The van der Waals surface area contributed by atoms with Crippen LogP contribution in [0.4, 0.5) is 5.69 Å². The zero-order valence-electron chi connectivity index (χ0n) is 12.4. The number of rotatable bonds is 3. The van der Waals surface area contributed by atoms with Gasteiger partial charge in [0.1, 0.15) is 5.82 Å². The number of amides is 1. The number of ether oxygens (including phenoxy) is 1. The Morgan fingerprint density at radius 1 is 1.45 bits per heavy atom. The number of carbonyl (C=O) groups is 2. The van der Waals surface area contributed by atoms with Gasteiger partial charge >= 0.3 is 5.97 Å². The lowest BCUT2D eigenvalue weighted by Gasteiger charge is -2.16. The van der Waals surface area contributed by atoms with Gasteiger partial charge in [-0.2, -0.15) is 5.10 Å². The third-order valence-corrected chi connectivity index (χ3v) is 3.67. The highest BCUT2D eigenvalue weighted by Crippen LogP contribution is 2.28. The summed E-state index contributed by atoms with van der Waals surface area (Å²) in [5, 5.41) is 6.91. The fourth-order valence-electron chi connectivity index (χ4n) is 2.57. The maximum absolute atomic E-state index is 12.1. The number of hydrogen-bond donors (Lipinski definition) is 1. The molecule has 0 spiro atoms. The number of hydrogen-bond acceptors (Lipinski definition) is 5. The summed E-state index contributed by atoms with van der Waals surface area (Å²) in [6.07, 6.45) is 0.177. The van der Waals surface area contributed by atoms with Gasteiger partial charge in [0.05, 0.1) is 13.0 Å². The van der Waals surface area contributed by atoms with Crippen LogP contribution in [0.1, 0.15) is 12.2 Å². The van der Waals surface area contributed by atoms with E-state index in [1.165, 1.54) is 7.11 Å². The van der Waals surface area contributed by atoms with E-state index >= 15 is 0 Å². The third kappa shape index (κ3) is 2.57. The minimum atomic E-state index is -0.410. The monoisotopic (exact) mass is 300 g/mol. The second-order valence-electron chi connectivity index (χ2n) is 5.22. The van der Waals surface area contributed by atoms with E-state index in [4.69, 9.17) is 4.74 Å². The molecule has 2 aromatic rings. The molecule has 1 amide bonds. The standard InChI is InChI=1S/C15H16N4O3/c1-9-16-14(18-17-9)10-4-3-5-12(6-10)19-8-11(7-13(19)20)15(21)22-2/h3-6,11H,7-8H2,1-2H3,(H,16,17,18). The molecule has 3 rings (SSSR count). The number of H-pyrrole nitrogens is 1. The van der Waals surface area contributed by atoms with Crippen LogP contribution in [0.2, 0.25) is 0 Å². The molecule has 0 bridgehead atoms. The number of nitrogens with one attached hydrogen (secondary N) is 1. The summed E-state index contributed by atoms with van der Waals surface area (Å²) in [5.41, 5.74) is 1.55. The summed E-state index contributed by atoms with van der Waals surface area (Å²) in [7, 11) is 1.33. The number of aromatic nitrogens is 3. The second kappa shape index (κ2) is 5.59. The molecule has 1 aromatic heterocycles. The van der Waals surface area contributed by atoms with Crippen LogP contribution in [-0.2, 0) is 14.3 Å². The Hall–Kier alpha value is -2.70. The Bertz CT molecular complexity index is 725. The molecule has 1 aliphatic rings. The molecule has 1 fully saturated rings. The predicted molar refractivity (Wildman–Crippen MR) is 79.0 cm³/mol. The van der Waals surface area contributed by atoms with Crippen LogP contribution >= 0.6 is 0 Å². The number of nitrogens with zero attached hydrogens (tertiary/aromatic N) is 3. The van der Waals surface area contributed by atoms with E-state index in [2.05, 4.69) is 15.2 Å². The van der Waals surface area contributed by atoms with Gasteiger partial charge in [0.15, 0.2) is 5.82 Å². The number of esters is 1. The van der Waals surface area contributed by atoms with E-state index in [1.807, 2.05) is 31.2 Å². The van der Waals surface area contributed by atoms with Crippen molar-refractivity contribution < 1.29 is 14.3 Å². The smallest absolute Gasteiger partial charge is 0.311 e. The molecule has 0 aliphatic carbocycles. The van der Waals surface area contributed by atoms with Gasteiger partial charge in [-0.1, -0.05) is 12.1 Å². The minimum absolute atomic E-state index is 0.0845. The van der Waals surface area contributed by atoms with Crippen molar-refractivity contribution in [1.29, 1.82) is 0 Å². The summed E-state index contributed by atoms with van der Waals surface area (Å²) in [5.74, 6) is 0.459. The lowest BCUT2D eigenvalue weighted by molar-refractivity contribution is -0.145. The zero-order valence-corrected chi connectivity index (χ0v) is 12.4. The fraction of sp³-hybridized carbons (Fsp3) is 0.333. The number of benzene rings is 1. The summed E-state index contributed by atoms with van der Waals surface area (Å²) < 4.78 is 4.72. The maximum atomic E-state index is 12.1. The largest absolute Gasteiger partial charge is 0.469 e. The molecule has 1 unspecified atom stereocenters.